The van der Waals surface area contributed by atoms with Gasteiger partial charge in [0, 0.05) is 29.8 Å². The Morgan fingerprint density at radius 2 is 1.89 bits per heavy atom. The molecule has 3 aromatic rings. The molecule has 138 valence electrons. The predicted molar refractivity (Wildman–Crippen MR) is 102 cm³/mol. The van der Waals surface area contributed by atoms with Gasteiger partial charge in [0.15, 0.2) is 5.82 Å². The lowest BCUT2D eigenvalue weighted by Crippen LogP contribution is -2.35. The summed E-state index contributed by atoms with van der Waals surface area (Å²) >= 11 is 0. The van der Waals surface area contributed by atoms with Crippen LogP contribution in [0.25, 0.3) is 0 Å². The fourth-order valence-corrected chi connectivity index (χ4v) is 3.53. The van der Waals surface area contributed by atoms with E-state index in [9.17, 15) is 9.18 Å². The minimum absolute atomic E-state index is 0.199. The minimum atomic E-state index is -0.347. The Bertz CT molecular complexity index is 981. The second kappa shape index (κ2) is 6.63. The van der Waals surface area contributed by atoms with Gasteiger partial charge in [0.2, 0.25) is 0 Å². The van der Waals surface area contributed by atoms with Gasteiger partial charge in [-0.25, -0.2) is 4.39 Å². The van der Waals surface area contributed by atoms with Crippen LogP contribution in [0.5, 0.6) is 0 Å². The number of halogens is 1. The number of rotatable bonds is 4. The quantitative estimate of drug-likeness (QED) is 0.734. The number of aromatic nitrogens is 2. The maximum Gasteiger partial charge on any atom is 0.256 e. The van der Waals surface area contributed by atoms with E-state index in [4.69, 9.17) is 0 Å². The molecule has 0 aliphatic carbocycles. The van der Waals surface area contributed by atoms with Gasteiger partial charge in [-0.05, 0) is 32.0 Å². The molecule has 1 aliphatic heterocycles. The van der Waals surface area contributed by atoms with E-state index in [0.717, 1.165) is 11.3 Å². The molecular weight excluding hydrogens is 343 g/mol. The Labute approximate surface area is 157 Å². The zero-order valence-corrected chi connectivity index (χ0v) is 15.3. The Kier molecular flexibility index (Phi) is 4.28. The van der Waals surface area contributed by atoms with Crippen molar-refractivity contribution in [1.29, 1.82) is 0 Å². The number of amides is 1. The fourth-order valence-electron chi connectivity index (χ4n) is 3.53. The molecule has 0 saturated heterocycles. The van der Waals surface area contributed by atoms with Gasteiger partial charge in [0.1, 0.15) is 5.82 Å². The van der Waals surface area contributed by atoms with E-state index in [1.54, 1.807) is 24.3 Å². The van der Waals surface area contributed by atoms with Crippen LogP contribution in [0.4, 0.5) is 10.2 Å². The highest BCUT2D eigenvalue weighted by molar-refractivity contribution is 6.04. The summed E-state index contributed by atoms with van der Waals surface area (Å²) in [6, 6.07) is 15.8. The second-order valence-electron chi connectivity index (χ2n) is 7.25. The molecule has 2 N–H and O–H groups in total. The largest absolute Gasteiger partial charge is 0.305 e. The summed E-state index contributed by atoms with van der Waals surface area (Å²) in [7, 11) is 0. The summed E-state index contributed by atoms with van der Waals surface area (Å²) in [6.45, 7) is 5.20. The highest BCUT2D eigenvalue weighted by Gasteiger charge is 2.41. The van der Waals surface area contributed by atoms with Gasteiger partial charge in [0.05, 0.1) is 11.2 Å². The molecule has 5 nitrogen and oxygen atoms in total. The average Bonchev–Trinajstić information content (AvgIpc) is 3.17. The summed E-state index contributed by atoms with van der Waals surface area (Å²) in [4.78, 5) is 14.6. The van der Waals surface area contributed by atoms with Crippen LogP contribution in [0, 0.1) is 5.82 Å². The number of aromatic amines is 1. The lowest BCUT2D eigenvalue weighted by molar-refractivity contribution is 0.102. The van der Waals surface area contributed by atoms with E-state index in [1.165, 1.54) is 6.07 Å². The third kappa shape index (κ3) is 3.13. The van der Waals surface area contributed by atoms with Crippen molar-refractivity contribution in [2.75, 3.05) is 5.32 Å². The molecule has 4 rings (SSSR count). The molecule has 0 bridgehead atoms. The maximum atomic E-state index is 14.1. The Balaban J connectivity index is 1.57. The van der Waals surface area contributed by atoms with Crippen LogP contribution in [-0.4, -0.2) is 21.0 Å². The Morgan fingerprint density at radius 3 is 2.63 bits per heavy atom. The SMILES string of the molecule is CC1(C)c2[nH]nc(NC(=O)c3ccccc3)c2CN1Cc1ccccc1F. The van der Waals surface area contributed by atoms with Gasteiger partial charge in [-0.2, -0.15) is 5.10 Å². The molecule has 0 atom stereocenters. The number of anilines is 1. The van der Waals surface area contributed by atoms with E-state index >= 15 is 0 Å². The third-order valence-electron chi connectivity index (χ3n) is 5.21. The number of fused-ring (bicyclic) bond motifs is 1. The number of benzene rings is 2. The van der Waals surface area contributed by atoms with Crippen molar-refractivity contribution in [3.63, 3.8) is 0 Å². The lowest BCUT2D eigenvalue weighted by atomic mass is 10.00. The van der Waals surface area contributed by atoms with E-state index < -0.39 is 0 Å². The normalized spacial score (nSPS) is 15.5. The van der Waals surface area contributed by atoms with E-state index in [2.05, 4.69) is 34.3 Å². The third-order valence-corrected chi connectivity index (χ3v) is 5.21. The highest BCUT2D eigenvalue weighted by Crippen LogP contribution is 2.41. The number of H-pyrrole nitrogens is 1. The van der Waals surface area contributed by atoms with Gasteiger partial charge in [0.25, 0.3) is 5.91 Å². The minimum Gasteiger partial charge on any atom is -0.305 e. The molecule has 6 heteroatoms. The van der Waals surface area contributed by atoms with Crippen molar-refractivity contribution in [2.45, 2.75) is 32.5 Å². The molecular formula is C21H21FN4O. The van der Waals surface area contributed by atoms with Crippen molar-refractivity contribution in [1.82, 2.24) is 15.1 Å². The van der Waals surface area contributed by atoms with E-state index in [0.29, 0.717) is 30.0 Å². The molecule has 0 spiro atoms. The fraction of sp³-hybridized carbons (Fsp3) is 0.238. The number of nitrogens with zero attached hydrogens (tertiary/aromatic N) is 2. The molecule has 2 heterocycles. The molecule has 1 aliphatic rings. The van der Waals surface area contributed by atoms with Crippen LogP contribution < -0.4 is 5.32 Å². The van der Waals surface area contributed by atoms with Crippen LogP contribution in [-0.2, 0) is 18.6 Å². The number of hydrogen-bond donors (Lipinski definition) is 2. The first-order valence-corrected chi connectivity index (χ1v) is 8.89. The molecule has 0 saturated carbocycles. The smallest absolute Gasteiger partial charge is 0.256 e. The standard InChI is InChI=1S/C21H21FN4O/c1-21(2)18-16(13-26(21)12-15-10-6-7-11-17(15)22)19(25-24-18)23-20(27)14-8-4-3-5-9-14/h3-11H,12-13H2,1-2H3,(H2,23,24,25,27). The summed E-state index contributed by atoms with van der Waals surface area (Å²) in [5, 5.41) is 10.3. The van der Waals surface area contributed by atoms with Crippen molar-refractivity contribution >= 4 is 11.7 Å². The van der Waals surface area contributed by atoms with Gasteiger partial charge in [-0.15, -0.1) is 0 Å². The summed E-state index contributed by atoms with van der Waals surface area (Å²) in [5.41, 5.74) is 2.77. The number of hydrogen-bond acceptors (Lipinski definition) is 3. The summed E-state index contributed by atoms with van der Waals surface area (Å²) < 4.78 is 14.1. The van der Waals surface area contributed by atoms with Gasteiger partial charge in [-0.3, -0.25) is 14.8 Å². The van der Waals surface area contributed by atoms with Gasteiger partial charge in [-0.1, -0.05) is 36.4 Å². The predicted octanol–water partition coefficient (Wildman–Crippen LogP) is 4.05. The van der Waals surface area contributed by atoms with Crippen LogP contribution in [0.2, 0.25) is 0 Å². The topological polar surface area (TPSA) is 61.0 Å². The van der Waals surface area contributed by atoms with Crippen molar-refractivity contribution in [3.8, 4) is 0 Å². The van der Waals surface area contributed by atoms with Crippen LogP contribution in [0.1, 0.15) is 41.0 Å². The van der Waals surface area contributed by atoms with Crippen LogP contribution >= 0.6 is 0 Å². The van der Waals surface area contributed by atoms with Crippen LogP contribution in [0.15, 0.2) is 54.6 Å². The van der Waals surface area contributed by atoms with E-state index in [1.807, 2.05) is 24.3 Å². The van der Waals surface area contributed by atoms with Crippen molar-refractivity contribution in [3.05, 3.63) is 82.8 Å². The molecule has 1 aromatic heterocycles. The Morgan fingerprint density at radius 1 is 1.19 bits per heavy atom. The Hall–Kier alpha value is -2.99. The summed E-state index contributed by atoms with van der Waals surface area (Å²) in [5.74, 6) is 0.123. The second-order valence-corrected chi connectivity index (χ2v) is 7.25. The number of carbonyl (C=O) groups is 1. The number of carbonyl (C=O) groups excluding carboxylic acids is 1. The van der Waals surface area contributed by atoms with Gasteiger partial charge < -0.3 is 5.32 Å². The first kappa shape index (κ1) is 17.4. The molecule has 1 amide bonds. The first-order valence-electron chi connectivity index (χ1n) is 8.89. The molecule has 27 heavy (non-hydrogen) atoms. The van der Waals surface area contributed by atoms with Gasteiger partial charge >= 0.3 is 0 Å². The maximum absolute atomic E-state index is 14.1. The van der Waals surface area contributed by atoms with Crippen molar-refractivity contribution < 1.29 is 9.18 Å². The van der Waals surface area contributed by atoms with E-state index in [-0.39, 0.29) is 17.3 Å². The first-order chi connectivity index (χ1) is 13.0. The molecule has 0 unspecified atom stereocenters. The van der Waals surface area contributed by atoms with Crippen LogP contribution in [0.3, 0.4) is 0 Å². The average molecular weight is 364 g/mol. The monoisotopic (exact) mass is 364 g/mol. The summed E-state index contributed by atoms with van der Waals surface area (Å²) in [6.07, 6.45) is 0. The molecule has 0 radical (unpaired) electrons. The molecule has 2 aromatic carbocycles. The zero-order chi connectivity index (χ0) is 19.0. The lowest BCUT2D eigenvalue weighted by Gasteiger charge is -2.31. The zero-order valence-electron chi connectivity index (χ0n) is 15.3. The molecule has 0 fully saturated rings. The highest BCUT2D eigenvalue weighted by atomic mass is 19.1. The number of nitrogens with one attached hydrogen (secondary N) is 2. The van der Waals surface area contributed by atoms with Crippen molar-refractivity contribution in [2.24, 2.45) is 0 Å².